The average Bonchev–Trinajstić information content (AvgIpc) is 2.52. The largest absolute Gasteiger partial charge is 0.493 e. The van der Waals surface area contributed by atoms with E-state index in [2.05, 4.69) is 17.7 Å². The van der Waals surface area contributed by atoms with Gasteiger partial charge in [0.15, 0.2) is 11.5 Å². The number of aromatic nitrogens is 1. The van der Waals surface area contributed by atoms with E-state index in [4.69, 9.17) is 9.47 Å². The standard InChI is InChI=1S/C12H15NO2/c1-8-7-13(2)10-6-12(15-4)11(14-3)5-9(8)10/h5-7H,1-4H3. The first-order valence-electron chi connectivity index (χ1n) is 4.85. The zero-order chi connectivity index (χ0) is 11.0. The second kappa shape index (κ2) is 3.50. The fraction of sp³-hybridized carbons (Fsp3) is 0.333. The van der Waals surface area contributed by atoms with Crippen LogP contribution in [0.25, 0.3) is 10.9 Å². The first kappa shape index (κ1) is 9.90. The molecule has 0 fully saturated rings. The summed E-state index contributed by atoms with van der Waals surface area (Å²) in [6.45, 7) is 2.09. The number of methoxy groups -OCH3 is 2. The molecule has 1 heterocycles. The monoisotopic (exact) mass is 205 g/mol. The van der Waals surface area contributed by atoms with Crippen molar-refractivity contribution in [1.29, 1.82) is 0 Å². The van der Waals surface area contributed by atoms with Crippen LogP contribution in [0.4, 0.5) is 0 Å². The minimum atomic E-state index is 0.770. The first-order valence-corrected chi connectivity index (χ1v) is 4.85. The van der Waals surface area contributed by atoms with E-state index in [1.165, 1.54) is 10.9 Å². The third kappa shape index (κ3) is 1.44. The molecule has 0 saturated heterocycles. The van der Waals surface area contributed by atoms with Crippen molar-refractivity contribution in [1.82, 2.24) is 4.57 Å². The third-order valence-corrected chi connectivity index (χ3v) is 2.69. The highest BCUT2D eigenvalue weighted by Crippen LogP contribution is 2.33. The number of hydrogen-bond acceptors (Lipinski definition) is 2. The lowest BCUT2D eigenvalue weighted by molar-refractivity contribution is 0.355. The predicted molar refractivity (Wildman–Crippen MR) is 60.8 cm³/mol. The summed E-state index contributed by atoms with van der Waals surface area (Å²) in [5.74, 6) is 1.55. The van der Waals surface area contributed by atoms with Gasteiger partial charge in [0.1, 0.15) is 0 Å². The molecule has 0 N–H and O–H groups in total. The molecular weight excluding hydrogens is 190 g/mol. The molecule has 0 atom stereocenters. The van der Waals surface area contributed by atoms with Crippen LogP contribution in [0.1, 0.15) is 5.56 Å². The second-order valence-corrected chi connectivity index (χ2v) is 3.65. The van der Waals surface area contributed by atoms with E-state index >= 15 is 0 Å². The summed E-state index contributed by atoms with van der Waals surface area (Å²) >= 11 is 0. The lowest BCUT2D eigenvalue weighted by Gasteiger charge is -2.08. The summed E-state index contributed by atoms with van der Waals surface area (Å²) in [7, 11) is 5.34. The highest BCUT2D eigenvalue weighted by Gasteiger charge is 2.09. The van der Waals surface area contributed by atoms with Gasteiger partial charge in [-0.25, -0.2) is 0 Å². The van der Waals surface area contributed by atoms with Gasteiger partial charge in [-0.2, -0.15) is 0 Å². The molecule has 1 aromatic carbocycles. The van der Waals surface area contributed by atoms with Crippen LogP contribution in [0.5, 0.6) is 11.5 Å². The van der Waals surface area contributed by atoms with E-state index in [0.29, 0.717) is 0 Å². The molecule has 0 aliphatic heterocycles. The highest BCUT2D eigenvalue weighted by atomic mass is 16.5. The zero-order valence-electron chi connectivity index (χ0n) is 9.50. The Morgan fingerprint density at radius 1 is 1.07 bits per heavy atom. The molecule has 0 saturated carbocycles. The number of rotatable bonds is 2. The molecule has 0 aliphatic rings. The summed E-state index contributed by atoms with van der Waals surface area (Å²) in [5.41, 5.74) is 2.40. The summed E-state index contributed by atoms with van der Waals surface area (Å²) in [4.78, 5) is 0. The van der Waals surface area contributed by atoms with Crippen molar-refractivity contribution in [2.24, 2.45) is 7.05 Å². The van der Waals surface area contributed by atoms with E-state index in [-0.39, 0.29) is 0 Å². The minimum Gasteiger partial charge on any atom is -0.493 e. The van der Waals surface area contributed by atoms with Crippen LogP contribution in [-0.2, 0) is 7.05 Å². The fourth-order valence-corrected chi connectivity index (χ4v) is 1.91. The van der Waals surface area contributed by atoms with Gasteiger partial charge in [0.05, 0.1) is 19.7 Å². The summed E-state index contributed by atoms with van der Waals surface area (Å²) < 4.78 is 12.6. The van der Waals surface area contributed by atoms with Gasteiger partial charge in [-0.1, -0.05) is 0 Å². The molecule has 0 unspecified atom stereocenters. The predicted octanol–water partition coefficient (Wildman–Crippen LogP) is 2.50. The maximum atomic E-state index is 5.27. The van der Waals surface area contributed by atoms with Crippen LogP contribution in [0.3, 0.4) is 0 Å². The Balaban J connectivity index is 2.77. The van der Waals surface area contributed by atoms with Crippen molar-refractivity contribution in [3.63, 3.8) is 0 Å². The van der Waals surface area contributed by atoms with Crippen molar-refractivity contribution in [2.45, 2.75) is 6.92 Å². The number of nitrogens with zero attached hydrogens (tertiary/aromatic N) is 1. The SMILES string of the molecule is COc1cc2c(C)cn(C)c2cc1OC. The van der Waals surface area contributed by atoms with Crippen molar-refractivity contribution in [3.8, 4) is 11.5 Å². The van der Waals surface area contributed by atoms with Gasteiger partial charge < -0.3 is 14.0 Å². The lowest BCUT2D eigenvalue weighted by Crippen LogP contribution is -1.91. The van der Waals surface area contributed by atoms with Gasteiger partial charge >= 0.3 is 0 Å². The molecule has 0 radical (unpaired) electrons. The number of ether oxygens (including phenoxy) is 2. The van der Waals surface area contributed by atoms with E-state index in [1.807, 2.05) is 19.2 Å². The summed E-state index contributed by atoms with van der Waals surface area (Å²) in [5, 5.41) is 1.20. The van der Waals surface area contributed by atoms with Crippen molar-refractivity contribution >= 4 is 10.9 Å². The van der Waals surface area contributed by atoms with Crippen molar-refractivity contribution in [3.05, 3.63) is 23.9 Å². The van der Waals surface area contributed by atoms with Crippen LogP contribution >= 0.6 is 0 Å². The fourth-order valence-electron chi connectivity index (χ4n) is 1.91. The van der Waals surface area contributed by atoms with E-state index in [1.54, 1.807) is 14.2 Å². The molecule has 0 bridgehead atoms. The Labute approximate surface area is 89.2 Å². The molecule has 0 aliphatic carbocycles. The second-order valence-electron chi connectivity index (χ2n) is 3.65. The van der Waals surface area contributed by atoms with Crippen LogP contribution < -0.4 is 9.47 Å². The van der Waals surface area contributed by atoms with E-state index < -0.39 is 0 Å². The minimum absolute atomic E-state index is 0.770. The molecular formula is C12H15NO2. The Hall–Kier alpha value is -1.64. The van der Waals surface area contributed by atoms with Gasteiger partial charge in [-0.15, -0.1) is 0 Å². The molecule has 3 heteroatoms. The maximum Gasteiger partial charge on any atom is 0.162 e. The molecule has 80 valence electrons. The van der Waals surface area contributed by atoms with E-state index in [9.17, 15) is 0 Å². The highest BCUT2D eigenvalue weighted by molar-refractivity contribution is 5.87. The van der Waals surface area contributed by atoms with Gasteiger partial charge in [0.25, 0.3) is 0 Å². The van der Waals surface area contributed by atoms with Crippen molar-refractivity contribution in [2.75, 3.05) is 14.2 Å². The molecule has 2 rings (SSSR count). The summed E-state index contributed by atoms with van der Waals surface area (Å²) in [6, 6.07) is 4.02. The average molecular weight is 205 g/mol. The Morgan fingerprint density at radius 3 is 2.27 bits per heavy atom. The van der Waals surface area contributed by atoms with Gasteiger partial charge in [-0.3, -0.25) is 0 Å². The number of aryl methyl sites for hydroxylation is 2. The topological polar surface area (TPSA) is 23.4 Å². The van der Waals surface area contributed by atoms with Crippen LogP contribution in [0, 0.1) is 6.92 Å². The van der Waals surface area contributed by atoms with Crippen molar-refractivity contribution < 1.29 is 9.47 Å². The molecule has 2 aromatic rings. The molecule has 0 amide bonds. The van der Waals surface area contributed by atoms with Gasteiger partial charge in [0, 0.05) is 24.7 Å². The number of benzene rings is 1. The van der Waals surface area contributed by atoms with Crippen LogP contribution in [0.15, 0.2) is 18.3 Å². The molecule has 1 aromatic heterocycles. The van der Waals surface area contributed by atoms with Crippen LogP contribution in [-0.4, -0.2) is 18.8 Å². The van der Waals surface area contributed by atoms with Crippen LogP contribution in [0.2, 0.25) is 0 Å². The first-order chi connectivity index (χ1) is 7.17. The maximum absolute atomic E-state index is 5.27. The normalized spacial score (nSPS) is 10.7. The Kier molecular flexibility index (Phi) is 2.31. The van der Waals surface area contributed by atoms with E-state index in [0.717, 1.165) is 17.0 Å². The van der Waals surface area contributed by atoms with Gasteiger partial charge in [-0.05, 0) is 18.6 Å². The lowest BCUT2D eigenvalue weighted by atomic mass is 10.2. The molecule has 3 nitrogen and oxygen atoms in total. The molecule has 0 spiro atoms. The quantitative estimate of drug-likeness (QED) is 0.752. The number of hydrogen-bond donors (Lipinski definition) is 0. The smallest absolute Gasteiger partial charge is 0.162 e. The Morgan fingerprint density at radius 2 is 1.67 bits per heavy atom. The summed E-state index contributed by atoms with van der Waals surface area (Å²) in [6.07, 6.45) is 2.10. The number of fused-ring (bicyclic) bond motifs is 1. The van der Waals surface area contributed by atoms with Gasteiger partial charge in [0.2, 0.25) is 0 Å². The zero-order valence-corrected chi connectivity index (χ0v) is 9.50. The third-order valence-electron chi connectivity index (χ3n) is 2.69. The Bertz CT molecular complexity index is 456. The molecule has 15 heavy (non-hydrogen) atoms.